The second-order valence-electron chi connectivity index (χ2n) is 8.72. The first-order valence-corrected chi connectivity index (χ1v) is 11.6. The van der Waals surface area contributed by atoms with Crippen molar-refractivity contribution in [1.29, 1.82) is 0 Å². The Morgan fingerprint density at radius 3 is 1.44 bits per heavy atom. The highest BCUT2D eigenvalue weighted by Crippen LogP contribution is 2.39. The van der Waals surface area contributed by atoms with E-state index in [0.29, 0.717) is 0 Å². The molecule has 34 heavy (non-hydrogen) atoms. The largest absolute Gasteiger partial charge is 0.309 e. The maximum atomic E-state index is 3.90. The van der Waals surface area contributed by atoms with E-state index in [0.717, 1.165) is 11.3 Å². The predicted octanol–water partition coefficient (Wildman–Crippen LogP) is 8.52. The predicted molar refractivity (Wildman–Crippen MR) is 145 cm³/mol. The van der Waals surface area contributed by atoms with Crippen molar-refractivity contribution in [2.45, 2.75) is 0 Å². The van der Waals surface area contributed by atoms with Gasteiger partial charge in [0.15, 0.2) is 0 Å². The third-order valence-corrected chi connectivity index (χ3v) is 6.87. The summed E-state index contributed by atoms with van der Waals surface area (Å²) in [6.45, 7) is 3.90. The van der Waals surface area contributed by atoms with Gasteiger partial charge in [-0.05, 0) is 54.1 Å². The quantitative estimate of drug-likeness (QED) is 0.264. The topological polar surface area (TPSA) is 9.86 Å². The van der Waals surface area contributed by atoms with Crippen molar-refractivity contribution < 1.29 is 0 Å². The molecule has 7 rings (SSSR count). The summed E-state index contributed by atoms with van der Waals surface area (Å²) in [5.74, 6) is 0. The van der Waals surface area contributed by atoms with Gasteiger partial charge in [0.25, 0.3) is 0 Å². The average molecular weight is 435 g/mol. The Morgan fingerprint density at radius 2 is 0.912 bits per heavy atom. The van der Waals surface area contributed by atoms with Gasteiger partial charge >= 0.3 is 0 Å². The molecule has 7 aromatic rings. The fourth-order valence-corrected chi connectivity index (χ4v) is 5.32. The molecule has 0 fully saturated rings. The number of hydrogen-bond donors (Lipinski definition) is 0. The smallest absolute Gasteiger partial charge is 0.0548 e. The van der Waals surface area contributed by atoms with Crippen LogP contribution in [0, 0.1) is 0 Å². The molecule has 2 nitrogen and oxygen atoms in total. The lowest BCUT2D eigenvalue weighted by molar-refractivity contribution is 1.17. The van der Waals surface area contributed by atoms with E-state index in [9.17, 15) is 0 Å². The fourth-order valence-electron chi connectivity index (χ4n) is 5.32. The Morgan fingerprint density at radius 1 is 0.441 bits per heavy atom. The van der Waals surface area contributed by atoms with Crippen LogP contribution in [0.25, 0.3) is 61.1 Å². The number of rotatable bonds is 3. The first-order valence-electron chi connectivity index (χ1n) is 11.6. The van der Waals surface area contributed by atoms with Crippen molar-refractivity contribution in [2.24, 2.45) is 0 Å². The molecule has 0 unspecified atom stereocenters. The molecule has 2 aromatic heterocycles. The molecule has 0 aliphatic heterocycles. The molecule has 0 bridgehead atoms. The van der Waals surface area contributed by atoms with E-state index in [1.807, 2.05) is 6.08 Å². The van der Waals surface area contributed by atoms with E-state index in [2.05, 4.69) is 131 Å². The first-order chi connectivity index (χ1) is 16.8. The van der Waals surface area contributed by atoms with E-state index < -0.39 is 0 Å². The Kier molecular flexibility index (Phi) is 4.03. The van der Waals surface area contributed by atoms with Crippen molar-refractivity contribution >= 4 is 49.7 Å². The molecular formula is C32H22N2. The van der Waals surface area contributed by atoms with Gasteiger partial charge in [-0.3, -0.25) is 0 Å². The summed E-state index contributed by atoms with van der Waals surface area (Å²) in [6.07, 6.45) is 1.89. The molecule has 0 amide bonds. The number of hydrogen-bond acceptors (Lipinski definition) is 0. The van der Waals surface area contributed by atoms with E-state index in [-0.39, 0.29) is 0 Å². The molecule has 0 saturated heterocycles. The summed E-state index contributed by atoms with van der Waals surface area (Å²) in [7, 11) is 0. The van der Waals surface area contributed by atoms with Gasteiger partial charge in [-0.1, -0.05) is 79.4 Å². The molecule has 5 aromatic carbocycles. The second kappa shape index (κ2) is 7.23. The number of aromatic nitrogens is 2. The van der Waals surface area contributed by atoms with Crippen LogP contribution in [-0.2, 0) is 0 Å². The lowest BCUT2D eigenvalue weighted by Crippen LogP contribution is -1.94. The molecule has 2 heterocycles. The SMILES string of the molecule is C=Cc1ccc(-n2c3ccccc3c3cc4c(cc32)c2ccccc2n4-c2ccccc2)cc1. The molecule has 0 saturated carbocycles. The first kappa shape index (κ1) is 19.0. The van der Waals surface area contributed by atoms with Gasteiger partial charge in [-0.2, -0.15) is 0 Å². The van der Waals surface area contributed by atoms with Crippen LogP contribution in [0.5, 0.6) is 0 Å². The minimum atomic E-state index is 1.12. The van der Waals surface area contributed by atoms with Crippen LogP contribution >= 0.6 is 0 Å². The van der Waals surface area contributed by atoms with Crippen LogP contribution in [0.3, 0.4) is 0 Å². The standard InChI is InChI=1S/C32H22N2/c1-2-22-16-18-24(19-17-22)34-30-15-9-7-13-26(30)28-20-31-27(21-32(28)34)25-12-6-8-14-29(25)33(31)23-10-4-3-5-11-23/h2-21H,1H2. The summed E-state index contributed by atoms with van der Waals surface area (Å²) in [5.41, 5.74) is 8.34. The third kappa shape index (κ3) is 2.63. The molecule has 0 N–H and O–H groups in total. The van der Waals surface area contributed by atoms with Crippen molar-refractivity contribution in [2.75, 3.05) is 0 Å². The van der Waals surface area contributed by atoms with Crippen LogP contribution in [0.15, 0.2) is 122 Å². The summed E-state index contributed by atoms with van der Waals surface area (Å²) in [5, 5.41) is 5.05. The summed E-state index contributed by atoms with van der Waals surface area (Å²) in [6, 6.07) is 41.4. The fraction of sp³-hybridized carbons (Fsp3) is 0. The normalized spacial score (nSPS) is 11.6. The molecule has 2 heteroatoms. The molecule has 0 aliphatic carbocycles. The van der Waals surface area contributed by atoms with Gasteiger partial charge in [0, 0.05) is 32.9 Å². The Bertz CT molecular complexity index is 1850. The zero-order chi connectivity index (χ0) is 22.6. The minimum Gasteiger partial charge on any atom is -0.309 e. The number of benzene rings is 5. The van der Waals surface area contributed by atoms with Gasteiger partial charge in [-0.25, -0.2) is 0 Å². The minimum absolute atomic E-state index is 1.12. The van der Waals surface area contributed by atoms with Gasteiger partial charge in [-0.15, -0.1) is 0 Å². The number of fused-ring (bicyclic) bond motifs is 6. The van der Waals surface area contributed by atoms with Crippen LogP contribution in [-0.4, -0.2) is 9.13 Å². The zero-order valence-corrected chi connectivity index (χ0v) is 18.6. The maximum absolute atomic E-state index is 3.90. The van der Waals surface area contributed by atoms with Crippen molar-refractivity contribution in [3.8, 4) is 11.4 Å². The van der Waals surface area contributed by atoms with Gasteiger partial charge in [0.05, 0.1) is 22.1 Å². The van der Waals surface area contributed by atoms with Crippen molar-refractivity contribution in [3.05, 3.63) is 127 Å². The average Bonchev–Trinajstić information content (AvgIpc) is 3.40. The van der Waals surface area contributed by atoms with Crippen LogP contribution in [0.2, 0.25) is 0 Å². The number of para-hydroxylation sites is 3. The lowest BCUT2D eigenvalue weighted by atomic mass is 10.1. The third-order valence-electron chi connectivity index (χ3n) is 6.87. The van der Waals surface area contributed by atoms with E-state index in [4.69, 9.17) is 0 Å². The molecule has 160 valence electrons. The molecule has 0 spiro atoms. The van der Waals surface area contributed by atoms with Crippen LogP contribution in [0.4, 0.5) is 0 Å². The Hall–Kier alpha value is -4.56. The Labute approximate surface area is 197 Å². The second-order valence-corrected chi connectivity index (χ2v) is 8.72. The summed E-state index contributed by atoms with van der Waals surface area (Å²) in [4.78, 5) is 0. The highest BCUT2D eigenvalue weighted by atomic mass is 15.0. The Balaban J connectivity index is 1.66. The number of nitrogens with zero attached hydrogens (tertiary/aromatic N) is 2. The lowest BCUT2D eigenvalue weighted by Gasteiger charge is -2.09. The van der Waals surface area contributed by atoms with Crippen LogP contribution < -0.4 is 0 Å². The molecule has 0 atom stereocenters. The maximum Gasteiger partial charge on any atom is 0.0548 e. The van der Waals surface area contributed by atoms with Gasteiger partial charge < -0.3 is 9.13 Å². The molecule has 0 aliphatic rings. The van der Waals surface area contributed by atoms with Gasteiger partial charge in [0.1, 0.15) is 0 Å². The summed E-state index contributed by atoms with van der Waals surface area (Å²) >= 11 is 0. The van der Waals surface area contributed by atoms with Gasteiger partial charge in [0.2, 0.25) is 0 Å². The van der Waals surface area contributed by atoms with Crippen molar-refractivity contribution in [1.82, 2.24) is 9.13 Å². The monoisotopic (exact) mass is 434 g/mol. The van der Waals surface area contributed by atoms with E-state index >= 15 is 0 Å². The van der Waals surface area contributed by atoms with E-state index in [1.165, 1.54) is 49.3 Å². The highest BCUT2D eigenvalue weighted by molar-refractivity contribution is 6.19. The summed E-state index contributed by atoms with van der Waals surface area (Å²) < 4.78 is 4.76. The molecule has 0 radical (unpaired) electrons. The zero-order valence-electron chi connectivity index (χ0n) is 18.6. The van der Waals surface area contributed by atoms with Crippen LogP contribution in [0.1, 0.15) is 5.56 Å². The highest BCUT2D eigenvalue weighted by Gasteiger charge is 2.17. The molecular weight excluding hydrogens is 412 g/mol. The van der Waals surface area contributed by atoms with Crippen molar-refractivity contribution in [3.63, 3.8) is 0 Å². The van der Waals surface area contributed by atoms with E-state index in [1.54, 1.807) is 0 Å².